The highest BCUT2D eigenvalue weighted by Gasteiger charge is 2.36. The van der Waals surface area contributed by atoms with Crippen molar-refractivity contribution < 1.29 is 19.4 Å². The summed E-state index contributed by atoms with van der Waals surface area (Å²) in [4.78, 5) is 23.2. The number of rotatable bonds is 1. The molecule has 0 bridgehead atoms. The molecule has 2 rings (SSSR count). The highest BCUT2D eigenvalue weighted by Crippen LogP contribution is 2.33. The minimum atomic E-state index is -0.837. The van der Waals surface area contributed by atoms with Crippen LogP contribution >= 0.6 is 0 Å². The molecular formula is C20H26O4. The number of carboxylic acids is 1. The van der Waals surface area contributed by atoms with Crippen LogP contribution in [0.4, 0.5) is 0 Å². The van der Waals surface area contributed by atoms with Crippen molar-refractivity contribution in [3.63, 3.8) is 0 Å². The minimum Gasteiger partial charge on any atom is -0.478 e. The fourth-order valence-corrected chi connectivity index (χ4v) is 3.21. The Hall–Kier alpha value is -2.10. The van der Waals surface area contributed by atoms with Gasteiger partial charge in [-0.05, 0) is 58.4 Å². The van der Waals surface area contributed by atoms with Gasteiger partial charge in [0.1, 0.15) is 6.10 Å². The van der Waals surface area contributed by atoms with Gasteiger partial charge in [0.25, 0.3) is 0 Å². The standard InChI is InChI=1S/C20H26O4/c1-13-6-4-8-16(19(21)22)9-5-7-14(2)12-18-17(11-10-13)15(3)20(23)24-18/h6,9,12,17-18H,3-5,7-8,10-11H2,1-2H3,(H,21,22). The van der Waals surface area contributed by atoms with Crippen molar-refractivity contribution in [3.05, 3.63) is 47.1 Å². The van der Waals surface area contributed by atoms with Gasteiger partial charge in [-0.25, -0.2) is 9.59 Å². The number of allylic oxidation sites excluding steroid dienone is 4. The second kappa shape index (κ2) is 8.13. The smallest absolute Gasteiger partial charge is 0.334 e. The van der Waals surface area contributed by atoms with Crippen molar-refractivity contribution >= 4 is 11.9 Å². The zero-order valence-electron chi connectivity index (χ0n) is 14.5. The normalized spacial score (nSPS) is 26.5. The molecule has 0 aromatic heterocycles. The molecule has 1 fully saturated rings. The average molecular weight is 330 g/mol. The van der Waals surface area contributed by atoms with E-state index in [9.17, 15) is 14.7 Å². The summed E-state index contributed by atoms with van der Waals surface area (Å²) < 4.78 is 5.46. The molecular weight excluding hydrogens is 304 g/mol. The van der Waals surface area contributed by atoms with Crippen molar-refractivity contribution in [2.24, 2.45) is 5.92 Å². The Morgan fingerprint density at radius 3 is 2.58 bits per heavy atom. The van der Waals surface area contributed by atoms with Crippen molar-refractivity contribution in [1.82, 2.24) is 0 Å². The first-order valence-electron chi connectivity index (χ1n) is 8.53. The highest BCUT2D eigenvalue weighted by molar-refractivity contribution is 5.91. The molecule has 0 spiro atoms. The molecule has 0 aromatic rings. The number of hydrogen-bond acceptors (Lipinski definition) is 3. The van der Waals surface area contributed by atoms with Crippen LogP contribution in [0.5, 0.6) is 0 Å². The van der Waals surface area contributed by atoms with E-state index < -0.39 is 5.97 Å². The number of hydrogen-bond donors (Lipinski definition) is 1. The Balaban J connectivity index is 2.23. The lowest BCUT2D eigenvalue weighted by molar-refractivity contribution is -0.137. The topological polar surface area (TPSA) is 63.6 Å². The molecule has 1 heterocycles. The van der Waals surface area contributed by atoms with Crippen LogP contribution < -0.4 is 0 Å². The molecule has 2 atom stereocenters. The summed E-state index contributed by atoms with van der Waals surface area (Å²) >= 11 is 0. The summed E-state index contributed by atoms with van der Waals surface area (Å²) in [6.07, 6.45) is 10.1. The summed E-state index contributed by atoms with van der Waals surface area (Å²) in [5.41, 5.74) is 3.36. The zero-order valence-corrected chi connectivity index (χ0v) is 14.5. The second-order valence-corrected chi connectivity index (χ2v) is 6.72. The van der Waals surface area contributed by atoms with Crippen LogP contribution in [-0.2, 0) is 14.3 Å². The first kappa shape index (κ1) is 18.2. The quantitative estimate of drug-likeness (QED) is 0.441. The summed E-state index contributed by atoms with van der Waals surface area (Å²) in [6.45, 7) is 7.95. The average Bonchev–Trinajstić information content (AvgIpc) is 2.77. The van der Waals surface area contributed by atoms with E-state index in [-0.39, 0.29) is 18.0 Å². The molecule has 1 aliphatic carbocycles. The SMILES string of the molecule is C=C1C(=O)OC2C=C(C)CCC=C(C(=O)O)CCC=C(C)CCC12. The van der Waals surface area contributed by atoms with Crippen molar-refractivity contribution in [1.29, 1.82) is 0 Å². The minimum absolute atomic E-state index is 0.0314. The summed E-state index contributed by atoms with van der Waals surface area (Å²) in [7, 11) is 0. The first-order valence-corrected chi connectivity index (χ1v) is 8.53. The second-order valence-electron chi connectivity index (χ2n) is 6.72. The number of aliphatic carboxylic acids is 1. The molecule has 0 aromatic carbocycles. The molecule has 130 valence electrons. The number of ether oxygens (including phenoxy) is 1. The molecule has 2 aliphatic rings. The maximum Gasteiger partial charge on any atom is 0.334 e. The maximum atomic E-state index is 11.8. The Labute approximate surface area is 143 Å². The van der Waals surface area contributed by atoms with Crippen LogP contribution in [0.3, 0.4) is 0 Å². The van der Waals surface area contributed by atoms with E-state index in [0.29, 0.717) is 24.0 Å². The van der Waals surface area contributed by atoms with E-state index in [1.54, 1.807) is 0 Å². The van der Waals surface area contributed by atoms with E-state index in [2.05, 4.69) is 12.7 Å². The summed E-state index contributed by atoms with van der Waals surface area (Å²) in [5.74, 6) is -1.10. The lowest BCUT2D eigenvalue weighted by Crippen LogP contribution is -2.15. The first-order chi connectivity index (χ1) is 11.4. The molecule has 4 nitrogen and oxygen atoms in total. The van der Waals surface area contributed by atoms with Crippen molar-refractivity contribution in [2.75, 3.05) is 0 Å². The van der Waals surface area contributed by atoms with Crippen LogP contribution in [0.2, 0.25) is 0 Å². The Bertz CT molecular complexity index is 622. The van der Waals surface area contributed by atoms with Gasteiger partial charge in [0.05, 0.1) is 0 Å². The van der Waals surface area contributed by atoms with Gasteiger partial charge in [-0.15, -0.1) is 0 Å². The van der Waals surface area contributed by atoms with Crippen molar-refractivity contribution in [2.45, 2.75) is 58.5 Å². The third-order valence-corrected chi connectivity index (χ3v) is 4.76. The van der Waals surface area contributed by atoms with Gasteiger partial charge in [0.15, 0.2) is 0 Å². The van der Waals surface area contributed by atoms with E-state index in [1.807, 2.05) is 26.0 Å². The number of esters is 1. The molecule has 24 heavy (non-hydrogen) atoms. The van der Waals surface area contributed by atoms with E-state index in [0.717, 1.165) is 31.3 Å². The van der Waals surface area contributed by atoms with Crippen LogP contribution in [0.25, 0.3) is 0 Å². The van der Waals surface area contributed by atoms with Crippen LogP contribution in [0.1, 0.15) is 52.4 Å². The van der Waals surface area contributed by atoms with Gasteiger partial charge >= 0.3 is 11.9 Å². The molecule has 1 saturated heterocycles. The molecule has 0 radical (unpaired) electrons. The highest BCUT2D eigenvalue weighted by atomic mass is 16.5. The number of carbonyl (C=O) groups excluding carboxylic acids is 1. The molecule has 0 amide bonds. The van der Waals surface area contributed by atoms with E-state index >= 15 is 0 Å². The fourth-order valence-electron chi connectivity index (χ4n) is 3.21. The largest absolute Gasteiger partial charge is 0.478 e. The lowest BCUT2D eigenvalue weighted by atomic mass is 9.89. The van der Waals surface area contributed by atoms with Crippen LogP contribution in [-0.4, -0.2) is 23.1 Å². The van der Waals surface area contributed by atoms with Crippen molar-refractivity contribution in [3.8, 4) is 0 Å². The van der Waals surface area contributed by atoms with E-state index in [1.165, 1.54) is 5.57 Å². The number of carboxylic acid groups (broad SMARTS) is 1. The van der Waals surface area contributed by atoms with Gasteiger partial charge < -0.3 is 9.84 Å². The maximum absolute atomic E-state index is 11.8. The van der Waals surface area contributed by atoms with Crippen LogP contribution in [0.15, 0.2) is 47.1 Å². The van der Waals surface area contributed by atoms with Gasteiger partial charge in [-0.3, -0.25) is 0 Å². The van der Waals surface area contributed by atoms with Crippen LogP contribution in [0, 0.1) is 5.92 Å². The summed E-state index contributed by atoms with van der Waals surface area (Å²) in [5, 5.41) is 9.29. The zero-order chi connectivity index (χ0) is 17.7. The molecule has 1 aliphatic heterocycles. The molecule has 2 unspecified atom stereocenters. The van der Waals surface area contributed by atoms with Gasteiger partial charge in [-0.2, -0.15) is 0 Å². The predicted molar refractivity (Wildman–Crippen MR) is 93.4 cm³/mol. The predicted octanol–water partition coefficient (Wildman–Crippen LogP) is 4.34. The van der Waals surface area contributed by atoms with Gasteiger partial charge in [0, 0.05) is 17.1 Å². The number of carbonyl (C=O) groups is 2. The Morgan fingerprint density at radius 1 is 1.17 bits per heavy atom. The Morgan fingerprint density at radius 2 is 1.88 bits per heavy atom. The molecule has 4 heteroatoms. The third kappa shape index (κ3) is 4.70. The summed E-state index contributed by atoms with van der Waals surface area (Å²) in [6, 6.07) is 0. The fraction of sp³-hybridized carbons (Fsp3) is 0.500. The third-order valence-electron chi connectivity index (χ3n) is 4.76. The monoisotopic (exact) mass is 330 g/mol. The lowest BCUT2D eigenvalue weighted by Gasteiger charge is -2.16. The van der Waals surface area contributed by atoms with Gasteiger partial charge in [-0.1, -0.05) is 29.9 Å². The Kier molecular flexibility index (Phi) is 6.18. The number of fused-ring (bicyclic) bond motifs is 1. The molecule has 1 N–H and O–H groups in total. The van der Waals surface area contributed by atoms with Gasteiger partial charge in [0.2, 0.25) is 0 Å². The van der Waals surface area contributed by atoms with E-state index in [4.69, 9.17) is 4.74 Å². The molecule has 0 saturated carbocycles.